The van der Waals surface area contributed by atoms with Gasteiger partial charge in [0, 0.05) is 6.54 Å². The number of amides is 1. The Balaban J connectivity index is 1.81. The van der Waals surface area contributed by atoms with Gasteiger partial charge in [-0.25, -0.2) is 8.42 Å². The zero-order valence-corrected chi connectivity index (χ0v) is 19.9. The number of rotatable bonds is 6. The van der Waals surface area contributed by atoms with Gasteiger partial charge >= 0.3 is 0 Å². The molecule has 0 saturated carbocycles. The van der Waals surface area contributed by atoms with Crippen molar-refractivity contribution in [2.75, 3.05) is 20.8 Å². The van der Waals surface area contributed by atoms with Crippen LogP contribution in [0.15, 0.2) is 38.8 Å². The van der Waals surface area contributed by atoms with Gasteiger partial charge in [0.25, 0.3) is 15.9 Å². The Hall–Kier alpha value is -2.65. The Bertz CT molecular complexity index is 1360. The third-order valence-electron chi connectivity index (χ3n) is 5.19. The molecule has 0 N–H and O–H groups in total. The molecule has 0 radical (unpaired) electrons. The van der Waals surface area contributed by atoms with Gasteiger partial charge in [-0.3, -0.25) is 4.79 Å². The van der Waals surface area contributed by atoms with E-state index in [1.807, 2.05) is 0 Å². The summed E-state index contributed by atoms with van der Waals surface area (Å²) >= 11 is 2.38. The van der Waals surface area contributed by atoms with Crippen molar-refractivity contribution < 1.29 is 22.7 Å². The summed E-state index contributed by atoms with van der Waals surface area (Å²) in [7, 11) is -0.648. The summed E-state index contributed by atoms with van der Waals surface area (Å²) in [6, 6.07) is 5.91. The predicted octanol–water partition coefficient (Wildman–Crippen LogP) is 2.70. The molecule has 1 atom stereocenters. The van der Waals surface area contributed by atoms with E-state index in [9.17, 15) is 13.2 Å². The molecular weight excluding hydrogens is 470 g/mol. The number of sulfonamides is 1. The molecule has 1 saturated heterocycles. The Morgan fingerprint density at radius 3 is 2.69 bits per heavy atom. The molecule has 32 heavy (non-hydrogen) atoms. The van der Waals surface area contributed by atoms with Crippen molar-refractivity contribution in [3.05, 3.63) is 34.4 Å². The SMILES string of the molecule is C#CCn1c(=NC(=O)C2CCCN2S(=O)(=O)c2cccs2)sc2c(OC)ccc(OC)c21. The van der Waals surface area contributed by atoms with Gasteiger partial charge in [0.2, 0.25) is 0 Å². The van der Waals surface area contributed by atoms with Crippen LogP contribution >= 0.6 is 22.7 Å². The summed E-state index contributed by atoms with van der Waals surface area (Å²) in [6.45, 7) is 0.447. The Kier molecular flexibility index (Phi) is 6.39. The molecule has 1 aliphatic rings. The summed E-state index contributed by atoms with van der Waals surface area (Å²) < 4.78 is 40.9. The van der Waals surface area contributed by atoms with Gasteiger partial charge < -0.3 is 14.0 Å². The number of hydrogen-bond donors (Lipinski definition) is 0. The zero-order valence-electron chi connectivity index (χ0n) is 17.5. The van der Waals surface area contributed by atoms with Crippen LogP contribution in [0.5, 0.6) is 11.5 Å². The van der Waals surface area contributed by atoms with Crippen molar-refractivity contribution in [1.29, 1.82) is 0 Å². The molecule has 1 unspecified atom stereocenters. The fraction of sp³-hybridized carbons (Fsp3) is 0.333. The first kappa shape index (κ1) is 22.5. The van der Waals surface area contributed by atoms with Crippen LogP contribution in [0.4, 0.5) is 0 Å². The highest BCUT2D eigenvalue weighted by Crippen LogP contribution is 2.35. The molecule has 168 valence electrons. The number of ether oxygens (including phenoxy) is 2. The number of benzene rings is 1. The molecule has 4 rings (SSSR count). The lowest BCUT2D eigenvalue weighted by atomic mass is 10.2. The fourth-order valence-corrected chi connectivity index (χ4v) is 7.66. The summed E-state index contributed by atoms with van der Waals surface area (Å²) in [5, 5.41) is 1.70. The lowest BCUT2D eigenvalue weighted by Gasteiger charge is -2.20. The molecule has 1 aromatic carbocycles. The summed E-state index contributed by atoms with van der Waals surface area (Å²) in [5.41, 5.74) is 0.677. The van der Waals surface area contributed by atoms with E-state index in [2.05, 4.69) is 10.9 Å². The van der Waals surface area contributed by atoms with E-state index >= 15 is 0 Å². The molecule has 11 heteroatoms. The molecule has 2 aromatic heterocycles. The van der Waals surface area contributed by atoms with Crippen molar-refractivity contribution in [2.24, 2.45) is 4.99 Å². The number of carbonyl (C=O) groups excluding carboxylic acids is 1. The molecule has 3 heterocycles. The maximum absolute atomic E-state index is 13.2. The van der Waals surface area contributed by atoms with Gasteiger partial charge in [0.1, 0.15) is 32.0 Å². The van der Waals surface area contributed by atoms with Gasteiger partial charge in [-0.15, -0.1) is 17.8 Å². The second-order valence-corrected chi connectivity index (χ2v) is 11.0. The van der Waals surface area contributed by atoms with Crippen molar-refractivity contribution in [3.8, 4) is 23.8 Å². The second kappa shape index (κ2) is 9.07. The summed E-state index contributed by atoms with van der Waals surface area (Å²) in [5.74, 6) is 3.24. The van der Waals surface area contributed by atoms with E-state index in [1.54, 1.807) is 48.4 Å². The van der Waals surface area contributed by atoms with Gasteiger partial charge in [-0.2, -0.15) is 9.30 Å². The third kappa shape index (κ3) is 3.84. The van der Waals surface area contributed by atoms with E-state index in [0.717, 1.165) is 16.0 Å². The van der Waals surface area contributed by atoms with Crippen LogP contribution in [0.2, 0.25) is 0 Å². The number of hydrogen-bond acceptors (Lipinski definition) is 7. The molecule has 1 amide bonds. The number of nitrogens with zero attached hydrogens (tertiary/aromatic N) is 3. The van der Waals surface area contributed by atoms with Crippen LogP contribution in [0.25, 0.3) is 10.2 Å². The highest BCUT2D eigenvalue weighted by atomic mass is 32.2. The fourth-order valence-electron chi connectivity index (χ4n) is 3.75. The topological polar surface area (TPSA) is 90.2 Å². The molecule has 0 aliphatic carbocycles. The lowest BCUT2D eigenvalue weighted by molar-refractivity contribution is -0.121. The third-order valence-corrected chi connectivity index (χ3v) is 9.57. The maximum atomic E-state index is 13.2. The summed E-state index contributed by atoms with van der Waals surface area (Å²) in [4.78, 5) is 17.9. The number of fused-ring (bicyclic) bond motifs is 1. The number of thiazole rings is 1. The maximum Gasteiger partial charge on any atom is 0.266 e. The molecular formula is C21H21N3O5S3. The predicted molar refractivity (Wildman–Crippen MR) is 124 cm³/mol. The number of methoxy groups -OCH3 is 2. The molecule has 3 aromatic rings. The van der Waals surface area contributed by atoms with Crippen LogP contribution < -0.4 is 14.3 Å². The van der Waals surface area contributed by atoms with Crippen LogP contribution in [-0.2, 0) is 21.4 Å². The highest BCUT2D eigenvalue weighted by molar-refractivity contribution is 7.91. The highest BCUT2D eigenvalue weighted by Gasteiger charge is 2.40. The minimum absolute atomic E-state index is 0.164. The van der Waals surface area contributed by atoms with Gasteiger partial charge in [0.15, 0.2) is 4.80 Å². The van der Waals surface area contributed by atoms with Crippen molar-refractivity contribution >= 4 is 48.8 Å². The van der Waals surface area contributed by atoms with Crippen molar-refractivity contribution in [1.82, 2.24) is 8.87 Å². The first-order chi connectivity index (χ1) is 15.4. The average Bonchev–Trinajstić information content (AvgIpc) is 3.54. The van der Waals surface area contributed by atoms with Crippen LogP contribution in [0, 0.1) is 12.3 Å². The Morgan fingerprint density at radius 1 is 1.28 bits per heavy atom. The monoisotopic (exact) mass is 491 g/mol. The van der Waals surface area contributed by atoms with E-state index < -0.39 is 22.0 Å². The van der Waals surface area contributed by atoms with Crippen LogP contribution in [-0.4, -0.2) is 50.0 Å². The molecule has 1 fully saturated rings. The van der Waals surface area contributed by atoms with E-state index in [1.165, 1.54) is 15.6 Å². The quantitative estimate of drug-likeness (QED) is 0.495. The molecule has 0 spiro atoms. The molecule has 1 aliphatic heterocycles. The van der Waals surface area contributed by atoms with Gasteiger partial charge in [-0.1, -0.05) is 23.3 Å². The number of aromatic nitrogens is 1. The number of terminal acetylenes is 1. The van der Waals surface area contributed by atoms with Crippen LogP contribution in [0.1, 0.15) is 12.8 Å². The van der Waals surface area contributed by atoms with Crippen molar-refractivity contribution in [2.45, 2.75) is 29.6 Å². The minimum atomic E-state index is -3.75. The normalized spacial score (nSPS) is 17.5. The van der Waals surface area contributed by atoms with Gasteiger partial charge in [0.05, 0.1) is 20.8 Å². The number of carbonyl (C=O) groups is 1. The first-order valence-corrected chi connectivity index (χ1v) is 12.9. The zero-order chi connectivity index (χ0) is 22.9. The summed E-state index contributed by atoms with van der Waals surface area (Å²) in [6.07, 6.45) is 6.59. The molecule has 8 nitrogen and oxygen atoms in total. The van der Waals surface area contributed by atoms with Crippen molar-refractivity contribution in [3.63, 3.8) is 0 Å². The van der Waals surface area contributed by atoms with E-state index in [0.29, 0.717) is 34.7 Å². The first-order valence-electron chi connectivity index (χ1n) is 9.74. The largest absolute Gasteiger partial charge is 0.495 e. The standard InChI is InChI=1S/C21H21N3O5S3/c1-4-11-23-18-15(28-2)9-10-16(29-3)19(18)31-21(23)22-20(25)14-7-5-12-24(14)32(26,27)17-8-6-13-30-17/h1,6,8-10,13-14H,5,7,11-12H2,2-3H3. The van der Waals surface area contributed by atoms with Gasteiger partial charge in [-0.05, 0) is 36.4 Å². The smallest absolute Gasteiger partial charge is 0.266 e. The minimum Gasteiger partial charge on any atom is -0.495 e. The van der Waals surface area contributed by atoms with E-state index in [4.69, 9.17) is 15.9 Å². The molecule has 0 bridgehead atoms. The Labute approximate surface area is 193 Å². The average molecular weight is 492 g/mol. The Morgan fingerprint density at radius 2 is 2.03 bits per heavy atom. The second-order valence-electron chi connectivity index (χ2n) is 6.98. The van der Waals surface area contributed by atoms with E-state index in [-0.39, 0.29) is 17.3 Å². The number of thiophene rings is 1. The van der Waals surface area contributed by atoms with Crippen LogP contribution in [0.3, 0.4) is 0 Å². The lowest BCUT2D eigenvalue weighted by Crippen LogP contribution is -2.40.